The van der Waals surface area contributed by atoms with Gasteiger partial charge in [-0.25, -0.2) is 0 Å². The summed E-state index contributed by atoms with van der Waals surface area (Å²) in [6.07, 6.45) is 0. The number of carbonyl (C=O) groups excluding carboxylic acids is 1. The summed E-state index contributed by atoms with van der Waals surface area (Å²) in [6.45, 7) is 6.24. The first-order chi connectivity index (χ1) is 6.79. The molecule has 1 aromatic carbocycles. The van der Waals surface area contributed by atoms with Crippen molar-refractivity contribution in [3.8, 4) is 5.75 Å². The van der Waals surface area contributed by atoms with Crippen molar-refractivity contribution in [1.29, 1.82) is 0 Å². The van der Waals surface area contributed by atoms with Crippen LogP contribution in [0, 0.1) is 0 Å². The Morgan fingerprint density at radius 3 is 2.47 bits per heavy atom. The minimum Gasteiger partial charge on any atom is -0.544 e. The fourth-order valence-electron chi connectivity index (χ4n) is 1.06. The van der Waals surface area contributed by atoms with E-state index in [0.29, 0.717) is 11.3 Å². The van der Waals surface area contributed by atoms with Gasteiger partial charge in [0.2, 0.25) is 14.2 Å². The van der Waals surface area contributed by atoms with Gasteiger partial charge in [-0.15, -0.1) is 0 Å². The summed E-state index contributed by atoms with van der Waals surface area (Å²) in [7, 11) is -1.67. The molecule has 0 saturated carbocycles. The van der Waals surface area contributed by atoms with Crippen molar-refractivity contribution in [3.05, 3.63) is 28.2 Å². The molecular formula is C10H14BrNO2Si. The Bertz CT molecular complexity index is 387. The van der Waals surface area contributed by atoms with Gasteiger partial charge in [-0.05, 0) is 53.8 Å². The zero-order valence-electron chi connectivity index (χ0n) is 9.00. The van der Waals surface area contributed by atoms with Crippen molar-refractivity contribution in [2.75, 3.05) is 0 Å². The summed E-state index contributed by atoms with van der Waals surface area (Å²) in [5.41, 5.74) is 5.66. The Morgan fingerprint density at radius 2 is 2.00 bits per heavy atom. The molecule has 0 unspecified atom stereocenters. The van der Waals surface area contributed by atoms with Crippen LogP contribution in [-0.4, -0.2) is 14.2 Å². The zero-order chi connectivity index (χ0) is 11.6. The van der Waals surface area contributed by atoms with E-state index in [1.54, 1.807) is 18.2 Å². The Hall–Kier alpha value is -0.813. The molecule has 0 saturated heterocycles. The molecule has 3 nitrogen and oxygen atoms in total. The number of nitrogens with two attached hydrogens (primary N) is 1. The lowest BCUT2D eigenvalue weighted by Gasteiger charge is -2.20. The molecular weight excluding hydrogens is 274 g/mol. The van der Waals surface area contributed by atoms with Crippen molar-refractivity contribution < 1.29 is 9.22 Å². The van der Waals surface area contributed by atoms with Crippen LogP contribution < -0.4 is 10.2 Å². The summed E-state index contributed by atoms with van der Waals surface area (Å²) in [4.78, 5) is 11.0. The fraction of sp³-hybridized carbons (Fsp3) is 0.300. The van der Waals surface area contributed by atoms with Crippen LogP contribution in [0.1, 0.15) is 10.4 Å². The zero-order valence-corrected chi connectivity index (χ0v) is 11.6. The number of hydrogen-bond acceptors (Lipinski definition) is 2. The molecule has 0 bridgehead atoms. The number of amides is 1. The van der Waals surface area contributed by atoms with E-state index in [-0.39, 0.29) is 0 Å². The van der Waals surface area contributed by atoms with Gasteiger partial charge < -0.3 is 10.2 Å². The third kappa shape index (κ3) is 3.68. The van der Waals surface area contributed by atoms with Crippen LogP contribution in [0.4, 0.5) is 0 Å². The summed E-state index contributed by atoms with van der Waals surface area (Å²) in [5, 5.41) is 0. The maximum atomic E-state index is 11.0. The minimum atomic E-state index is -1.67. The van der Waals surface area contributed by atoms with Crippen LogP contribution in [-0.2, 0) is 0 Å². The molecule has 15 heavy (non-hydrogen) atoms. The third-order valence-electron chi connectivity index (χ3n) is 1.63. The van der Waals surface area contributed by atoms with E-state index in [4.69, 9.17) is 10.2 Å². The van der Waals surface area contributed by atoms with Gasteiger partial charge in [-0.3, -0.25) is 4.79 Å². The molecule has 5 heteroatoms. The molecule has 0 aromatic heterocycles. The molecule has 82 valence electrons. The van der Waals surface area contributed by atoms with Gasteiger partial charge in [0, 0.05) is 5.56 Å². The summed E-state index contributed by atoms with van der Waals surface area (Å²) in [5.74, 6) is 0.244. The van der Waals surface area contributed by atoms with Gasteiger partial charge in [-0.1, -0.05) is 0 Å². The van der Waals surface area contributed by atoms with E-state index in [9.17, 15) is 4.79 Å². The second kappa shape index (κ2) is 4.36. The van der Waals surface area contributed by atoms with E-state index in [2.05, 4.69) is 35.6 Å². The monoisotopic (exact) mass is 287 g/mol. The number of rotatable bonds is 3. The van der Waals surface area contributed by atoms with Gasteiger partial charge in [0.25, 0.3) is 0 Å². The van der Waals surface area contributed by atoms with Crippen LogP contribution >= 0.6 is 15.9 Å². The molecule has 0 spiro atoms. The van der Waals surface area contributed by atoms with E-state index in [1.807, 2.05) is 0 Å². The highest BCUT2D eigenvalue weighted by Crippen LogP contribution is 2.28. The van der Waals surface area contributed by atoms with E-state index < -0.39 is 14.2 Å². The normalized spacial score (nSPS) is 11.2. The first kappa shape index (κ1) is 12.3. The largest absolute Gasteiger partial charge is 0.544 e. The molecule has 0 aliphatic heterocycles. The second-order valence-electron chi connectivity index (χ2n) is 4.22. The molecule has 2 N–H and O–H groups in total. The number of carbonyl (C=O) groups is 1. The predicted octanol–water partition coefficient (Wildman–Crippen LogP) is 2.76. The molecule has 0 aliphatic carbocycles. The molecule has 0 aliphatic rings. The highest BCUT2D eigenvalue weighted by atomic mass is 79.9. The maximum absolute atomic E-state index is 11.0. The smallest absolute Gasteiger partial charge is 0.248 e. The van der Waals surface area contributed by atoms with E-state index in [1.165, 1.54) is 0 Å². The molecule has 0 radical (unpaired) electrons. The van der Waals surface area contributed by atoms with E-state index in [0.717, 1.165) is 4.47 Å². The Morgan fingerprint density at radius 1 is 1.40 bits per heavy atom. The number of hydrogen-bond donors (Lipinski definition) is 1. The quantitative estimate of drug-likeness (QED) is 0.869. The maximum Gasteiger partial charge on any atom is 0.248 e. The van der Waals surface area contributed by atoms with Crippen molar-refractivity contribution in [2.45, 2.75) is 19.6 Å². The number of primary amides is 1. The average molecular weight is 288 g/mol. The number of halogens is 1. The molecule has 1 rings (SSSR count). The van der Waals surface area contributed by atoms with Gasteiger partial charge in [0.1, 0.15) is 5.75 Å². The molecule has 0 fully saturated rings. The highest BCUT2D eigenvalue weighted by molar-refractivity contribution is 9.10. The number of benzene rings is 1. The first-order valence-corrected chi connectivity index (χ1v) is 8.78. The van der Waals surface area contributed by atoms with Crippen LogP contribution in [0.15, 0.2) is 22.7 Å². The van der Waals surface area contributed by atoms with Crippen LogP contribution in [0.3, 0.4) is 0 Å². The molecule has 1 amide bonds. The lowest BCUT2D eigenvalue weighted by atomic mass is 10.2. The molecule has 1 aromatic rings. The van der Waals surface area contributed by atoms with Gasteiger partial charge in [-0.2, -0.15) is 0 Å². The van der Waals surface area contributed by atoms with Crippen molar-refractivity contribution >= 4 is 30.2 Å². The van der Waals surface area contributed by atoms with Crippen LogP contribution in [0.5, 0.6) is 5.75 Å². The Kier molecular flexibility index (Phi) is 3.57. The summed E-state index contributed by atoms with van der Waals surface area (Å²) < 4.78 is 6.65. The summed E-state index contributed by atoms with van der Waals surface area (Å²) in [6, 6.07) is 5.11. The fourth-order valence-corrected chi connectivity index (χ4v) is 2.37. The SMILES string of the molecule is C[Si](C)(C)Oc1cc(C(N)=O)ccc1Br. The molecule has 0 heterocycles. The van der Waals surface area contributed by atoms with Gasteiger partial charge in [0.15, 0.2) is 0 Å². The van der Waals surface area contributed by atoms with Gasteiger partial charge in [0.05, 0.1) is 4.47 Å². The Labute approximate surface area is 98.9 Å². The second-order valence-corrected chi connectivity index (χ2v) is 9.51. The molecule has 0 atom stereocenters. The van der Waals surface area contributed by atoms with Crippen LogP contribution in [0.25, 0.3) is 0 Å². The third-order valence-corrected chi connectivity index (χ3v) is 3.12. The average Bonchev–Trinajstić information content (AvgIpc) is 2.06. The Balaban J connectivity index is 3.06. The van der Waals surface area contributed by atoms with Gasteiger partial charge >= 0.3 is 0 Å². The van der Waals surface area contributed by atoms with Crippen LogP contribution in [0.2, 0.25) is 19.6 Å². The van der Waals surface area contributed by atoms with Crippen molar-refractivity contribution in [3.63, 3.8) is 0 Å². The van der Waals surface area contributed by atoms with Crippen molar-refractivity contribution in [2.24, 2.45) is 5.73 Å². The highest BCUT2D eigenvalue weighted by Gasteiger charge is 2.18. The topological polar surface area (TPSA) is 52.3 Å². The summed E-state index contributed by atoms with van der Waals surface area (Å²) >= 11 is 3.38. The minimum absolute atomic E-state index is 0.442. The lowest BCUT2D eigenvalue weighted by molar-refractivity contribution is 0.1000. The first-order valence-electron chi connectivity index (χ1n) is 4.58. The lowest BCUT2D eigenvalue weighted by Crippen LogP contribution is -2.29. The standard InChI is InChI=1S/C10H14BrNO2Si/c1-15(2,3)14-9-6-7(10(12)13)4-5-8(9)11/h4-6H,1-3H3,(H2,12,13). The van der Waals surface area contributed by atoms with E-state index >= 15 is 0 Å². The predicted molar refractivity (Wildman–Crippen MR) is 66.6 cm³/mol. The van der Waals surface area contributed by atoms with Crippen molar-refractivity contribution in [1.82, 2.24) is 0 Å².